The number of hydrogen-bond acceptors (Lipinski definition) is 8. The minimum Gasteiger partial charge on any atom is -0.494 e. The molecule has 15 heteroatoms. The molecule has 0 aliphatic carbocycles. The normalized spacial score (nSPS) is 17.3. The lowest BCUT2D eigenvalue weighted by Gasteiger charge is -2.33. The zero-order valence-electron chi connectivity index (χ0n) is 23.0. The van der Waals surface area contributed by atoms with Crippen LogP contribution in [0, 0.1) is 0 Å². The molecule has 40 heavy (non-hydrogen) atoms. The van der Waals surface area contributed by atoms with Gasteiger partial charge in [-0.2, -0.15) is 17.5 Å². The molecule has 2 aliphatic heterocycles. The smallest absolute Gasteiger partial charge is 0.490 e. The number of carbonyl (C=O) groups is 2. The van der Waals surface area contributed by atoms with Gasteiger partial charge in [-0.05, 0) is 51.2 Å². The number of ether oxygens (including phenoxy) is 1. The quantitative estimate of drug-likeness (QED) is 0.388. The topological polar surface area (TPSA) is 123 Å². The summed E-state index contributed by atoms with van der Waals surface area (Å²) in [7, 11) is -1.58. The third-order valence-corrected chi connectivity index (χ3v) is 8.45. The molecule has 228 valence electrons. The molecule has 0 bridgehead atoms. The van der Waals surface area contributed by atoms with E-state index in [1.165, 1.54) is 4.31 Å². The van der Waals surface area contributed by atoms with Crippen LogP contribution in [0.5, 0.6) is 5.75 Å². The van der Waals surface area contributed by atoms with Crippen molar-refractivity contribution in [3.05, 3.63) is 24.3 Å². The fourth-order valence-corrected chi connectivity index (χ4v) is 5.69. The van der Waals surface area contributed by atoms with E-state index in [0.717, 1.165) is 52.2 Å². The Morgan fingerprint density at radius 2 is 1.60 bits per heavy atom. The Morgan fingerprint density at radius 3 is 2.12 bits per heavy atom. The summed E-state index contributed by atoms with van der Waals surface area (Å²) in [6, 6.07) is 6.55. The van der Waals surface area contributed by atoms with E-state index in [2.05, 4.69) is 22.2 Å². The van der Waals surface area contributed by atoms with Gasteiger partial charge in [0, 0.05) is 71.9 Å². The molecule has 11 nitrogen and oxygen atoms in total. The van der Waals surface area contributed by atoms with E-state index in [-0.39, 0.29) is 23.8 Å². The van der Waals surface area contributed by atoms with Crippen LogP contribution in [0.1, 0.15) is 19.8 Å². The van der Waals surface area contributed by atoms with Crippen molar-refractivity contribution in [3.8, 4) is 5.75 Å². The lowest BCUT2D eigenvalue weighted by molar-refractivity contribution is -0.192. The number of likely N-dealkylation sites (N-methyl/N-ethyl adjacent to an activating group) is 1. The van der Waals surface area contributed by atoms with Gasteiger partial charge in [-0.15, -0.1) is 0 Å². The molecular formula is C25H40F3N5O6S. The number of benzene rings is 1. The minimum atomic E-state index is -5.08. The zero-order valence-corrected chi connectivity index (χ0v) is 23.8. The van der Waals surface area contributed by atoms with Gasteiger partial charge in [-0.3, -0.25) is 4.79 Å². The number of hydrogen-bond donors (Lipinski definition) is 2. The highest BCUT2D eigenvalue weighted by atomic mass is 32.2. The Bertz CT molecular complexity index is 1030. The number of halogens is 3. The van der Waals surface area contributed by atoms with Crippen molar-refractivity contribution in [1.82, 2.24) is 24.3 Å². The van der Waals surface area contributed by atoms with Crippen molar-refractivity contribution < 1.29 is 41.0 Å². The van der Waals surface area contributed by atoms with E-state index in [4.69, 9.17) is 14.6 Å². The molecule has 2 fully saturated rings. The molecular weight excluding hydrogens is 555 g/mol. The number of alkyl halides is 3. The first kappa shape index (κ1) is 33.7. The van der Waals surface area contributed by atoms with Crippen LogP contribution in [0.15, 0.2) is 29.2 Å². The Kier molecular flexibility index (Phi) is 13.6. The van der Waals surface area contributed by atoms with Gasteiger partial charge in [0.25, 0.3) is 0 Å². The van der Waals surface area contributed by atoms with Crippen molar-refractivity contribution in [2.45, 2.75) is 30.8 Å². The standard InChI is InChI=1S/C23H39N5O4S.C2HF3O2/c1-3-32-21-5-7-22(8-6-21)33(30,31)28(13-4-12-26-19-17-25(2)18-20-26)14-9-23(29)27-15-10-24-11-16-27;3-2(4,5)1(6)7/h5-8,24H,3-4,9-20H2,1-2H3;(H,6,7). The number of piperazine rings is 2. The number of sulfonamides is 1. The molecule has 3 rings (SSSR count). The lowest BCUT2D eigenvalue weighted by Crippen LogP contribution is -2.47. The maximum absolute atomic E-state index is 13.4. The molecule has 1 aromatic rings. The first-order valence-corrected chi connectivity index (χ1v) is 14.7. The summed E-state index contributed by atoms with van der Waals surface area (Å²) >= 11 is 0. The van der Waals surface area contributed by atoms with Gasteiger partial charge >= 0.3 is 12.1 Å². The molecule has 0 radical (unpaired) electrons. The summed E-state index contributed by atoms with van der Waals surface area (Å²) < 4.78 is 65.6. The number of carboxylic acid groups (broad SMARTS) is 1. The molecule has 2 N–H and O–H groups in total. The molecule has 0 unspecified atom stereocenters. The van der Waals surface area contributed by atoms with E-state index in [9.17, 15) is 26.4 Å². The maximum Gasteiger partial charge on any atom is 0.490 e. The summed E-state index contributed by atoms with van der Waals surface area (Å²) in [4.78, 5) is 28.3. The van der Waals surface area contributed by atoms with Crippen molar-refractivity contribution in [2.24, 2.45) is 0 Å². The van der Waals surface area contributed by atoms with Crippen LogP contribution < -0.4 is 10.1 Å². The van der Waals surface area contributed by atoms with Gasteiger partial charge in [0.15, 0.2) is 0 Å². The monoisotopic (exact) mass is 595 g/mol. The lowest BCUT2D eigenvalue weighted by atomic mass is 10.3. The summed E-state index contributed by atoms with van der Waals surface area (Å²) in [5.74, 6) is -2.10. The number of rotatable bonds is 11. The number of nitrogens with zero attached hydrogens (tertiary/aromatic N) is 4. The second-order valence-electron chi connectivity index (χ2n) is 9.49. The average Bonchev–Trinajstić information content (AvgIpc) is 2.92. The Hall–Kier alpha value is -2.46. The summed E-state index contributed by atoms with van der Waals surface area (Å²) in [6.07, 6.45) is -4.15. The number of aliphatic carboxylic acids is 1. The van der Waals surface area contributed by atoms with E-state index in [1.807, 2.05) is 11.8 Å². The zero-order chi connectivity index (χ0) is 29.8. The van der Waals surface area contributed by atoms with Crippen LogP contribution in [-0.4, -0.2) is 136 Å². The number of carboxylic acids is 1. The fraction of sp³-hybridized carbons (Fsp3) is 0.680. The van der Waals surface area contributed by atoms with E-state index in [1.54, 1.807) is 24.3 Å². The molecule has 2 aliphatic rings. The Balaban J connectivity index is 0.000000708. The molecule has 0 aromatic heterocycles. The number of nitrogens with one attached hydrogen (secondary N) is 1. The predicted octanol–water partition coefficient (Wildman–Crippen LogP) is 1.17. The highest BCUT2D eigenvalue weighted by Gasteiger charge is 2.38. The summed E-state index contributed by atoms with van der Waals surface area (Å²) in [6.45, 7) is 10.9. The SMILES string of the molecule is CCOc1ccc(S(=O)(=O)N(CCCN2CCN(C)CC2)CCC(=O)N2CCNCC2)cc1.O=C(O)C(F)(F)F. The molecule has 1 amide bonds. The Labute approximate surface area is 233 Å². The molecule has 0 saturated carbocycles. The third kappa shape index (κ3) is 11.2. The summed E-state index contributed by atoms with van der Waals surface area (Å²) in [5.41, 5.74) is 0. The predicted molar refractivity (Wildman–Crippen MR) is 143 cm³/mol. The largest absolute Gasteiger partial charge is 0.494 e. The van der Waals surface area contributed by atoms with Crippen LogP contribution in [0.25, 0.3) is 0 Å². The molecule has 0 spiro atoms. The van der Waals surface area contributed by atoms with Crippen molar-refractivity contribution in [2.75, 3.05) is 85.6 Å². The van der Waals surface area contributed by atoms with Crippen LogP contribution in [0.4, 0.5) is 13.2 Å². The van der Waals surface area contributed by atoms with Gasteiger partial charge in [-0.1, -0.05) is 0 Å². The molecule has 2 saturated heterocycles. The van der Waals surface area contributed by atoms with E-state index in [0.29, 0.717) is 32.0 Å². The van der Waals surface area contributed by atoms with Crippen LogP contribution in [-0.2, 0) is 19.6 Å². The minimum absolute atomic E-state index is 0.0162. The molecule has 1 aromatic carbocycles. The number of carbonyl (C=O) groups excluding carboxylic acids is 1. The van der Waals surface area contributed by atoms with Crippen LogP contribution >= 0.6 is 0 Å². The van der Waals surface area contributed by atoms with Gasteiger partial charge < -0.3 is 29.9 Å². The highest BCUT2D eigenvalue weighted by molar-refractivity contribution is 7.89. The van der Waals surface area contributed by atoms with Crippen molar-refractivity contribution in [1.29, 1.82) is 0 Å². The number of amides is 1. The maximum atomic E-state index is 13.4. The first-order valence-electron chi connectivity index (χ1n) is 13.3. The van der Waals surface area contributed by atoms with Gasteiger partial charge in [-0.25, -0.2) is 13.2 Å². The molecule has 0 atom stereocenters. The van der Waals surface area contributed by atoms with Crippen LogP contribution in [0.2, 0.25) is 0 Å². The second kappa shape index (κ2) is 16.1. The van der Waals surface area contributed by atoms with Crippen LogP contribution in [0.3, 0.4) is 0 Å². The van der Waals surface area contributed by atoms with Gasteiger partial charge in [0.1, 0.15) is 5.75 Å². The van der Waals surface area contributed by atoms with E-state index < -0.39 is 22.2 Å². The highest BCUT2D eigenvalue weighted by Crippen LogP contribution is 2.21. The van der Waals surface area contributed by atoms with Gasteiger partial charge in [0.05, 0.1) is 11.5 Å². The Morgan fingerprint density at radius 1 is 1.02 bits per heavy atom. The van der Waals surface area contributed by atoms with E-state index >= 15 is 0 Å². The summed E-state index contributed by atoms with van der Waals surface area (Å²) in [5, 5.41) is 10.4. The first-order chi connectivity index (χ1) is 18.8. The average molecular weight is 596 g/mol. The fourth-order valence-electron chi connectivity index (χ4n) is 4.21. The third-order valence-electron chi connectivity index (χ3n) is 6.54. The van der Waals surface area contributed by atoms with Crippen molar-refractivity contribution >= 4 is 21.9 Å². The molecule has 2 heterocycles. The van der Waals surface area contributed by atoms with Crippen molar-refractivity contribution in [3.63, 3.8) is 0 Å². The van der Waals surface area contributed by atoms with Gasteiger partial charge in [0.2, 0.25) is 15.9 Å². The second-order valence-corrected chi connectivity index (χ2v) is 11.4.